The third-order valence-electron chi connectivity index (χ3n) is 3.20. The Balaban J connectivity index is 1.70. The van der Waals surface area contributed by atoms with Crippen molar-refractivity contribution in [3.8, 4) is 5.75 Å². The van der Waals surface area contributed by atoms with Crippen LogP contribution in [-0.4, -0.2) is 10.2 Å². The number of halogens is 2. The quantitative estimate of drug-likeness (QED) is 0.526. The Bertz CT molecular complexity index is 837. The van der Waals surface area contributed by atoms with Crippen molar-refractivity contribution in [2.75, 3.05) is 0 Å². The van der Waals surface area contributed by atoms with E-state index in [0.29, 0.717) is 26.6 Å². The Morgan fingerprint density at radius 1 is 1.25 bits per heavy atom. The Labute approximate surface area is 162 Å². The van der Waals surface area contributed by atoms with Crippen LogP contribution >= 0.6 is 51.5 Å². The number of nitrogens with one attached hydrogen (secondary N) is 1. The number of carbonyl (C=O) groups is 1. The molecule has 7 heteroatoms. The normalized spacial score (nSPS) is 15.7. The van der Waals surface area contributed by atoms with Crippen LogP contribution in [0.25, 0.3) is 6.08 Å². The maximum absolute atomic E-state index is 11.7. The van der Waals surface area contributed by atoms with E-state index in [9.17, 15) is 4.79 Å². The van der Waals surface area contributed by atoms with Crippen molar-refractivity contribution in [3.63, 3.8) is 0 Å². The number of amides is 1. The van der Waals surface area contributed by atoms with Gasteiger partial charge in [-0.2, -0.15) is 0 Å². The maximum Gasteiger partial charge on any atom is 0.263 e. The van der Waals surface area contributed by atoms with E-state index in [1.54, 1.807) is 18.2 Å². The molecule has 1 aliphatic rings. The van der Waals surface area contributed by atoms with E-state index in [-0.39, 0.29) is 5.91 Å². The summed E-state index contributed by atoms with van der Waals surface area (Å²) in [4.78, 5) is 12.2. The van der Waals surface area contributed by atoms with Gasteiger partial charge in [0.2, 0.25) is 0 Å². The molecule has 1 aliphatic heterocycles. The van der Waals surface area contributed by atoms with Gasteiger partial charge in [-0.25, -0.2) is 0 Å². The van der Waals surface area contributed by atoms with Gasteiger partial charge in [-0.15, -0.1) is 0 Å². The average Bonchev–Trinajstić information content (AvgIpc) is 2.86. The first kappa shape index (κ1) is 17.5. The van der Waals surface area contributed by atoms with Crippen molar-refractivity contribution < 1.29 is 9.53 Å². The largest absolute Gasteiger partial charge is 0.487 e. The molecular formula is C17H11BrClNO2S2. The number of thiocarbonyl (C=S) groups is 1. The minimum atomic E-state index is -0.184. The molecule has 24 heavy (non-hydrogen) atoms. The first-order chi connectivity index (χ1) is 11.5. The van der Waals surface area contributed by atoms with E-state index >= 15 is 0 Å². The van der Waals surface area contributed by atoms with Gasteiger partial charge in [-0.1, -0.05) is 69.7 Å². The van der Waals surface area contributed by atoms with Gasteiger partial charge >= 0.3 is 0 Å². The standard InChI is InChI=1S/C17H11BrClNO2S2/c18-12-4-1-10(2-5-12)9-22-14-6-3-11(7-13(14)19)8-15-16(21)20-17(23)24-15/h1-8H,9H2,(H,20,21,23)/b15-8-. The van der Waals surface area contributed by atoms with Crippen molar-refractivity contribution in [3.05, 3.63) is 68.0 Å². The van der Waals surface area contributed by atoms with Crippen LogP contribution in [0.4, 0.5) is 0 Å². The van der Waals surface area contributed by atoms with Crippen LogP contribution in [0.15, 0.2) is 51.8 Å². The highest BCUT2D eigenvalue weighted by atomic mass is 79.9. The Morgan fingerprint density at radius 3 is 2.62 bits per heavy atom. The molecule has 2 aromatic rings. The fourth-order valence-corrected chi connectivity index (χ4v) is 3.59. The van der Waals surface area contributed by atoms with Crippen LogP contribution in [0.2, 0.25) is 5.02 Å². The molecule has 3 nitrogen and oxygen atoms in total. The molecule has 1 saturated heterocycles. The zero-order valence-corrected chi connectivity index (χ0v) is 16.2. The van der Waals surface area contributed by atoms with Gasteiger partial charge in [0.25, 0.3) is 5.91 Å². The Morgan fingerprint density at radius 2 is 2.00 bits per heavy atom. The first-order valence-corrected chi connectivity index (χ1v) is 9.32. The van der Waals surface area contributed by atoms with E-state index in [2.05, 4.69) is 21.2 Å². The zero-order chi connectivity index (χ0) is 17.1. The van der Waals surface area contributed by atoms with Crippen LogP contribution in [0.3, 0.4) is 0 Å². The van der Waals surface area contributed by atoms with Crippen LogP contribution < -0.4 is 10.1 Å². The van der Waals surface area contributed by atoms with Crippen LogP contribution in [-0.2, 0) is 11.4 Å². The molecule has 0 spiro atoms. The Kier molecular flexibility index (Phi) is 5.61. The number of rotatable bonds is 4. The lowest BCUT2D eigenvalue weighted by atomic mass is 10.2. The number of hydrogen-bond acceptors (Lipinski definition) is 4. The average molecular weight is 441 g/mol. The highest BCUT2D eigenvalue weighted by Crippen LogP contribution is 2.30. The lowest BCUT2D eigenvalue weighted by molar-refractivity contribution is -0.115. The molecule has 122 valence electrons. The minimum absolute atomic E-state index is 0.184. The van der Waals surface area contributed by atoms with E-state index in [1.165, 1.54) is 11.8 Å². The van der Waals surface area contributed by atoms with Crippen molar-refractivity contribution >= 4 is 67.8 Å². The van der Waals surface area contributed by atoms with E-state index in [0.717, 1.165) is 15.6 Å². The Hall–Kier alpha value is -1.34. The molecule has 0 radical (unpaired) electrons. The number of benzene rings is 2. The highest BCUT2D eigenvalue weighted by Gasteiger charge is 2.21. The summed E-state index contributed by atoms with van der Waals surface area (Å²) in [6, 6.07) is 13.3. The SMILES string of the molecule is O=C1NC(=S)S/C1=C\c1ccc(OCc2ccc(Br)cc2)c(Cl)c1. The van der Waals surface area contributed by atoms with E-state index < -0.39 is 0 Å². The third kappa shape index (κ3) is 4.39. The van der Waals surface area contributed by atoms with Crippen LogP contribution in [0, 0.1) is 0 Å². The molecule has 1 amide bonds. The molecule has 2 aromatic carbocycles. The molecule has 0 aromatic heterocycles. The van der Waals surface area contributed by atoms with Gasteiger partial charge in [0, 0.05) is 4.47 Å². The van der Waals surface area contributed by atoms with Gasteiger partial charge < -0.3 is 10.1 Å². The van der Waals surface area contributed by atoms with Crippen molar-refractivity contribution in [2.45, 2.75) is 6.61 Å². The lowest BCUT2D eigenvalue weighted by Crippen LogP contribution is -2.17. The fraction of sp³-hybridized carbons (Fsp3) is 0.0588. The lowest BCUT2D eigenvalue weighted by Gasteiger charge is -2.09. The molecule has 1 heterocycles. The van der Waals surface area contributed by atoms with Crippen LogP contribution in [0.5, 0.6) is 5.75 Å². The molecule has 0 saturated carbocycles. The van der Waals surface area contributed by atoms with E-state index in [4.69, 9.17) is 28.6 Å². The first-order valence-electron chi connectivity index (χ1n) is 6.93. The number of ether oxygens (including phenoxy) is 1. The monoisotopic (exact) mass is 439 g/mol. The third-order valence-corrected chi connectivity index (χ3v) is 5.19. The molecular weight excluding hydrogens is 430 g/mol. The summed E-state index contributed by atoms with van der Waals surface area (Å²) in [6.07, 6.45) is 1.75. The predicted molar refractivity (Wildman–Crippen MR) is 106 cm³/mol. The predicted octanol–water partition coefficient (Wildman–Crippen LogP) is 5.17. The summed E-state index contributed by atoms with van der Waals surface area (Å²) in [7, 11) is 0. The second-order valence-corrected chi connectivity index (χ2v) is 8.00. The van der Waals surface area contributed by atoms with Crippen molar-refractivity contribution in [1.29, 1.82) is 0 Å². The van der Waals surface area contributed by atoms with Gasteiger partial charge in [0.05, 0.1) is 9.93 Å². The summed E-state index contributed by atoms with van der Waals surface area (Å²) >= 11 is 15.9. The van der Waals surface area contributed by atoms with E-state index in [1.807, 2.05) is 30.3 Å². The smallest absolute Gasteiger partial charge is 0.263 e. The second-order valence-electron chi connectivity index (χ2n) is 4.96. The maximum atomic E-state index is 11.7. The molecule has 1 fully saturated rings. The van der Waals surface area contributed by atoms with Gasteiger partial charge in [-0.3, -0.25) is 4.79 Å². The summed E-state index contributed by atoms with van der Waals surface area (Å²) in [5.41, 5.74) is 1.87. The minimum Gasteiger partial charge on any atom is -0.487 e. The van der Waals surface area contributed by atoms with Crippen LogP contribution in [0.1, 0.15) is 11.1 Å². The summed E-state index contributed by atoms with van der Waals surface area (Å²) in [6.45, 7) is 0.431. The zero-order valence-electron chi connectivity index (χ0n) is 12.2. The number of thioether (sulfide) groups is 1. The second kappa shape index (κ2) is 7.70. The van der Waals surface area contributed by atoms with Crippen molar-refractivity contribution in [2.24, 2.45) is 0 Å². The number of hydrogen-bond donors (Lipinski definition) is 1. The van der Waals surface area contributed by atoms with Crippen molar-refractivity contribution in [1.82, 2.24) is 5.32 Å². The molecule has 0 bridgehead atoms. The van der Waals surface area contributed by atoms with Gasteiger partial charge in [-0.05, 0) is 41.5 Å². The highest BCUT2D eigenvalue weighted by molar-refractivity contribution is 9.10. The summed E-state index contributed by atoms with van der Waals surface area (Å²) in [5, 5.41) is 3.07. The molecule has 3 rings (SSSR count). The summed E-state index contributed by atoms with van der Waals surface area (Å²) < 4.78 is 7.24. The topological polar surface area (TPSA) is 38.3 Å². The van der Waals surface area contributed by atoms with Gasteiger partial charge in [0.15, 0.2) is 0 Å². The van der Waals surface area contributed by atoms with Gasteiger partial charge in [0.1, 0.15) is 16.7 Å². The fourth-order valence-electron chi connectivity index (χ4n) is 2.04. The molecule has 0 aliphatic carbocycles. The summed E-state index contributed by atoms with van der Waals surface area (Å²) in [5.74, 6) is 0.414. The molecule has 0 atom stereocenters. The molecule has 1 N–H and O–H groups in total. The molecule has 0 unspecified atom stereocenters. The number of carbonyl (C=O) groups excluding carboxylic acids is 1.